The Labute approximate surface area is 120 Å². The van der Waals surface area contributed by atoms with Crippen LogP contribution in [0, 0.1) is 0 Å². The maximum atomic E-state index is 12.1. The number of phenolic OH excluding ortho intramolecular Hbond substituents is 2. The van der Waals surface area contributed by atoms with Gasteiger partial charge in [-0.2, -0.15) is 0 Å². The first-order valence-electron chi connectivity index (χ1n) is 6.28. The molecule has 0 aliphatic heterocycles. The number of hydrogen-bond donors (Lipinski definition) is 3. The van der Waals surface area contributed by atoms with E-state index < -0.39 is 5.91 Å². The molecule has 106 valence electrons. The summed E-state index contributed by atoms with van der Waals surface area (Å²) in [6.07, 6.45) is 2.72. The van der Waals surface area contributed by atoms with Gasteiger partial charge in [0.05, 0.1) is 11.6 Å². The molecule has 5 nitrogen and oxygen atoms in total. The Balaban J connectivity index is 2.10. The van der Waals surface area contributed by atoms with Crippen LogP contribution >= 0.6 is 11.3 Å². The van der Waals surface area contributed by atoms with Gasteiger partial charge in [0.15, 0.2) is 0 Å². The number of nitrogens with zero attached hydrogens (tertiary/aromatic N) is 1. The van der Waals surface area contributed by atoms with Crippen molar-refractivity contribution in [2.45, 2.75) is 26.3 Å². The first kappa shape index (κ1) is 14.3. The molecule has 0 spiro atoms. The highest BCUT2D eigenvalue weighted by Crippen LogP contribution is 2.24. The molecule has 1 atom stereocenters. The van der Waals surface area contributed by atoms with Gasteiger partial charge in [-0.1, -0.05) is 6.92 Å². The van der Waals surface area contributed by atoms with Crippen molar-refractivity contribution in [3.63, 3.8) is 0 Å². The largest absolute Gasteiger partial charge is 0.508 e. The van der Waals surface area contributed by atoms with Gasteiger partial charge in [0.1, 0.15) is 16.5 Å². The second-order valence-electron chi connectivity index (χ2n) is 4.41. The minimum Gasteiger partial charge on any atom is -0.508 e. The number of carbonyl (C=O) groups is 1. The van der Waals surface area contributed by atoms with Gasteiger partial charge in [0, 0.05) is 17.1 Å². The number of benzene rings is 1. The molecule has 3 N–H and O–H groups in total. The van der Waals surface area contributed by atoms with Crippen molar-refractivity contribution in [1.82, 2.24) is 10.3 Å². The Morgan fingerprint density at radius 2 is 2.20 bits per heavy atom. The summed E-state index contributed by atoms with van der Waals surface area (Å²) in [5.41, 5.74) is 0.127. The van der Waals surface area contributed by atoms with Gasteiger partial charge >= 0.3 is 0 Å². The lowest BCUT2D eigenvalue weighted by atomic mass is 10.1. The lowest BCUT2D eigenvalue weighted by molar-refractivity contribution is 0.0937. The Bertz CT molecular complexity index is 625. The number of rotatable bonds is 4. The van der Waals surface area contributed by atoms with Crippen molar-refractivity contribution in [1.29, 1.82) is 0 Å². The molecule has 20 heavy (non-hydrogen) atoms. The van der Waals surface area contributed by atoms with Gasteiger partial charge in [-0.15, -0.1) is 11.3 Å². The summed E-state index contributed by atoms with van der Waals surface area (Å²) in [4.78, 5) is 17.5. The van der Waals surface area contributed by atoms with E-state index in [9.17, 15) is 15.0 Å². The minimum absolute atomic E-state index is 0.0837. The number of aromatic hydroxyl groups is 2. The van der Waals surface area contributed by atoms with Crippen molar-refractivity contribution in [2.24, 2.45) is 0 Å². The van der Waals surface area contributed by atoms with Crippen LogP contribution in [0.3, 0.4) is 0 Å². The Hall–Kier alpha value is -2.08. The normalized spacial score (nSPS) is 12.1. The van der Waals surface area contributed by atoms with E-state index in [4.69, 9.17) is 0 Å². The standard InChI is InChI=1S/C14H16N2O3S/c1-3-10-7-15-14(20-10)8(2)16-13(19)11-5-4-9(17)6-12(11)18/h4-8,17-18H,3H2,1-2H3,(H,16,19). The van der Waals surface area contributed by atoms with Crippen molar-refractivity contribution in [2.75, 3.05) is 0 Å². The van der Waals surface area contributed by atoms with Gasteiger partial charge in [-0.05, 0) is 25.5 Å². The van der Waals surface area contributed by atoms with Gasteiger partial charge < -0.3 is 15.5 Å². The highest BCUT2D eigenvalue weighted by atomic mass is 32.1. The fraction of sp³-hybridized carbons (Fsp3) is 0.286. The topological polar surface area (TPSA) is 82.5 Å². The molecule has 1 amide bonds. The number of amides is 1. The number of thiazole rings is 1. The molecule has 0 saturated heterocycles. The van der Waals surface area contributed by atoms with E-state index in [1.54, 1.807) is 17.5 Å². The van der Waals surface area contributed by atoms with E-state index in [1.165, 1.54) is 12.1 Å². The molecule has 1 aromatic heterocycles. The van der Waals surface area contributed by atoms with Crippen LogP contribution in [-0.2, 0) is 6.42 Å². The molecule has 0 bridgehead atoms. The Kier molecular flexibility index (Phi) is 4.24. The molecule has 6 heteroatoms. The molecule has 2 aromatic rings. The molecule has 0 fully saturated rings. The summed E-state index contributed by atoms with van der Waals surface area (Å²) in [7, 11) is 0. The van der Waals surface area contributed by atoms with Crippen LogP contribution in [-0.4, -0.2) is 21.1 Å². The van der Waals surface area contributed by atoms with E-state index in [-0.39, 0.29) is 23.1 Å². The maximum absolute atomic E-state index is 12.1. The smallest absolute Gasteiger partial charge is 0.255 e. The number of hydrogen-bond acceptors (Lipinski definition) is 5. The second-order valence-corrected chi connectivity index (χ2v) is 5.56. The third kappa shape index (κ3) is 3.08. The summed E-state index contributed by atoms with van der Waals surface area (Å²) in [5.74, 6) is -0.731. The van der Waals surface area contributed by atoms with Crippen LogP contribution in [0.1, 0.15) is 40.1 Å². The third-order valence-electron chi connectivity index (χ3n) is 2.86. The van der Waals surface area contributed by atoms with Crippen LogP contribution in [0.2, 0.25) is 0 Å². The summed E-state index contributed by atoms with van der Waals surface area (Å²) in [6.45, 7) is 3.89. The zero-order valence-electron chi connectivity index (χ0n) is 11.3. The molecular weight excluding hydrogens is 276 g/mol. The van der Waals surface area contributed by atoms with Gasteiger partial charge in [-0.25, -0.2) is 4.98 Å². The molecule has 0 aliphatic carbocycles. The lowest BCUT2D eigenvalue weighted by Crippen LogP contribution is -2.26. The number of carbonyl (C=O) groups excluding carboxylic acids is 1. The molecule has 1 heterocycles. The van der Waals surface area contributed by atoms with E-state index >= 15 is 0 Å². The van der Waals surface area contributed by atoms with Crippen LogP contribution < -0.4 is 5.32 Å². The Morgan fingerprint density at radius 1 is 1.45 bits per heavy atom. The van der Waals surface area contributed by atoms with Crippen molar-refractivity contribution >= 4 is 17.2 Å². The highest BCUT2D eigenvalue weighted by Gasteiger charge is 2.17. The maximum Gasteiger partial charge on any atom is 0.255 e. The minimum atomic E-state index is -0.400. The molecular formula is C14H16N2O3S. The zero-order valence-corrected chi connectivity index (χ0v) is 12.1. The fourth-order valence-corrected chi connectivity index (χ4v) is 2.59. The fourth-order valence-electron chi connectivity index (χ4n) is 1.73. The summed E-state index contributed by atoms with van der Waals surface area (Å²) >= 11 is 1.56. The summed E-state index contributed by atoms with van der Waals surface area (Å²) in [6, 6.07) is 3.64. The summed E-state index contributed by atoms with van der Waals surface area (Å²) in [5, 5.41) is 22.5. The molecule has 0 aliphatic rings. The number of nitrogens with one attached hydrogen (secondary N) is 1. The second kappa shape index (κ2) is 5.92. The molecule has 1 aromatic carbocycles. The van der Waals surface area contributed by atoms with Gasteiger partial charge in [-0.3, -0.25) is 4.79 Å². The number of aromatic nitrogens is 1. The quantitative estimate of drug-likeness (QED) is 0.809. The molecule has 0 saturated carbocycles. The van der Waals surface area contributed by atoms with Crippen molar-refractivity contribution in [3.8, 4) is 11.5 Å². The van der Waals surface area contributed by atoms with Crippen LogP contribution in [0.4, 0.5) is 0 Å². The number of aryl methyl sites for hydroxylation is 1. The zero-order chi connectivity index (χ0) is 14.7. The average Bonchev–Trinajstić information content (AvgIpc) is 2.87. The third-order valence-corrected chi connectivity index (χ3v) is 4.19. The summed E-state index contributed by atoms with van der Waals surface area (Å²) < 4.78 is 0. The predicted molar refractivity (Wildman–Crippen MR) is 77.1 cm³/mol. The van der Waals surface area contributed by atoms with E-state index in [0.29, 0.717) is 0 Å². The van der Waals surface area contributed by atoms with Crippen LogP contribution in [0.5, 0.6) is 11.5 Å². The van der Waals surface area contributed by atoms with Gasteiger partial charge in [0.25, 0.3) is 5.91 Å². The average molecular weight is 292 g/mol. The Morgan fingerprint density at radius 3 is 2.80 bits per heavy atom. The van der Waals surface area contributed by atoms with Gasteiger partial charge in [0.2, 0.25) is 0 Å². The SMILES string of the molecule is CCc1cnc(C(C)NC(=O)c2ccc(O)cc2O)s1. The van der Waals surface area contributed by atoms with Crippen molar-refractivity contribution in [3.05, 3.63) is 39.8 Å². The molecule has 2 rings (SSSR count). The van der Waals surface area contributed by atoms with E-state index in [0.717, 1.165) is 22.4 Å². The monoisotopic (exact) mass is 292 g/mol. The first-order valence-corrected chi connectivity index (χ1v) is 7.10. The van der Waals surface area contributed by atoms with Crippen molar-refractivity contribution < 1.29 is 15.0 Å². The van der Waals surface area contributed by atoms with Crippen LogP contribution in [0.15, 0.2) is 24.4 Å². The predicted octanol–water partition coefficient (Wildman–Crippen LogP) is 2.61. The van der Waals surface area contributed by atoms with Crippen LogP contribution in [0.25, 0.3) is 0 Å². The first-order chi connectivity index (χ1) is 9.51. The number of phenols is 2. The lowest BCUT2D eigenvalue weighted by Gasteiger charge is -2.12. The molecule has 1 unspecified atom stereocenters. The molecule has 0 radical (unpaired) electrons. The highest BCUT2D eigenvalue weighted by molar-refractivity contribution is 7.11. The van der Waals surface area contributed by atoms with E-state index in [2.05, 4.69) is 17.2 Å². The van der Waals surface area contributed by atoms with E-state index in [1.807, 2.05) is 6.92 Å².